The first-order chi connectivity index (χ1) is 13.4. The molecular formula is C21H25BrN2O4. The fourth-order valence-electron chi connectivity index (χ4n) is 2.61. The molecule has 0 fully saturated rings. The van der Waals surface area contributed by atoms with E-state index in [2.05, 4.69) is 40.3 Å². The molecule has 0 aromatic heterocycles. The van der Waals surface area contributed by atoms with Crippen molar-refractivity contribution in [3.05, 3.63) is 51.5 Å². The van der Waals surface area contributed by atoms with E-state index in [0.717, 1.165) is 15.6 Å². The van der Waals surface area contributed by atoms with Crippen molar-refractivity contribution in [2.45, 2.75) is 26.7 Å². The quantitative estimate of drug-likeness (QED) is 0.478. The van der Waals surface area contributed by atoms with Crippen molar-refractivity contribution >= 4 is 28.1 Å². The molecular weight excluding hydrogens is 424 g/mol. The van der Waals surface area contributed by atoms with Gasteiger partial charge in [-0.15, -0.1) is 0 Å². The maximum atomic E-state index is 12.1. The zero-order valence-electron chi connectivity index (χ0n) is 16.7. The van der Waals surface area contributed by atoms with Crippen LogP contribution in [-0.2, 0) is 4.79 Å². The van der Waals surface area contributed by atoms with Crippen molar-refractivity contribution in [3.63, 3.8) is 0 Å². The number of nitrogens with zero attached hydrogens (tertiary/aromatic N) is 1. The van der Waals surface area contributed by atoms with Crippen molar-refractivity contribution in [1.82, 2.24) is 5.43 Å². The first kappa shape index (κ1) is 21.8. The monoisotopic (exact) mass is 448 g/mol. The molecule has 2 aromatic carbocycles. The second-order valence-corrected chi connectivity index (χ2v) is 7.31. The number of carbonyl (C=O) groups excluding carboxylic acids is 1. The summed E-state index contributed by atoms with van der Waals surface area (Å²) in [5, 5.41) is 3.98. The highest BCUT2D eigenvalue weighted by molar-refractivity contribution is 9.10. The highest BCUT2D eigenvalue weighted by atomic mass is 79.9. The standard InChI is InChI=1S/C21H25BrN2O4/c1-13(2)16-10-17(22)14(3)9-19(16)28-12-20(25)24-23-11-15-7-6-8-18(26-4)21(15)27-5/h6-11,13H,12H2,1-5H3,(H,24,25). The van der Waals surface area contributed by atoms with Gasteiger partial charge in [0.05, 0.1) is 20.4 Å². The van der Waals surface area contributed by atoms with Gasteiger partial charge < -0.3 is 14.2 Å². The van der Waals surface area contributed by atoms with Gasteiger partial charge in [-0.25, -0.2) is 5.43 Å². The first-order valence-electron chi connectivity index (χ1n) is 8.83. The molecule has 7 heteroatoms. The van der Waals surface area contributed by atoms with Gasteiger partial charge in [0, 0.05) is 10.0 Å². The molecule has 0 radical (unpaired) electrons. The van der Waals surface area contributed by atoms with Crippen LogP contribution in [0.2, 0.25) is 0 Å². The third-order valence-corrected chi connectivity index (χ3v) is 4.95. The van der Waals surface area contributed by atoms with Crippen LogP contribution < -0.4 is 19.6 Å². The number of benzene rings is 2. The number of carbonyl (C=O) groups is 1. The van der Waals surface area contributed by atoms with Crippen molar-refractivity contribution in [1.29, 1.82) is 0 Å². The molecule has 2 aromatic rings. The van der Waals surface area contributed by atoms with Crippen LogP contribution in [0.1, 0.15) is 36.5 Å². The van der Waals surface area contributed by atoms with Gasteiger partial charge in [0.2, 0.25) is 0 Å². The van der Waals surface area contributed by atoms with Gasteiger partial charge in [0.1, 0.15) is 5.75 Å². The van der Waals surface area contributed by atoms with E-state index >= 15 is 0 Å². The minimum atomic E-state index is -0.353. The number of hydrogen-bond acceptors (Lipinski definition) is 5. The Morgan fingerprint density at radius 1 is 1.21 bits per heavy atom. The molecule has 6 nitrogen and oxygen atoms in total. The summed E-state index contributed by atoms with van der Waals surface area (Å²) in [5.74, 6) is 1.75. The number of hydrogen-bond donors (Lipinski definition) is 1. The van der Waals surface area contributed by atoms with Gasteiger partial charge in [-0.2, -0.15) is 5.10 Å². The van der Waals surface area contributed by atoms with Crippen LogP contribution in [0.4, 0.5) is 0 Å². The van der Waals surface area contributed by atoms with Crippen LogP contribution in [0.3, 0.4) is 0 Å². The van der Waals surface area contributed by atoms with Crippen molar-refractivity contribution in [3.8, 4) is 17.2 Å². The number of nitrogens with one attached hydrogen (secondary N) is 1. The average Bonchev–Trinajstić information content (AvgIpc) is 2.67. The Kier molecular flexibility index (Phi) is 7.87. The topological polar surface area (TPSA) is 69.2 Å². The van der Waals surface area contributed by atoms with E-state index in [1.807, 2.05) is 31.2 Å². The lowest BCUT2D eigenvalue weighted by Crippen LogP contribution is -2.25. The van der Waals surface area contributed by atoms with Crippen LogP contribution in [0.5, 0.6) is 17.2 Å². The summed E-state index contributed by atoms with van der Waals surface area (Å²) in [7, 11) is 3.11. The molecule has 0 bridgehead atoms. The number of aryl methyl sites for hydroxylation is 1. The van der Waals surface area contributed by atoms with Crippen molar-refractivity contribution in [2.24, 2.45) is 5.10 Å². The summed E-state index contributed by atoms with van der Waals surface area (Å²) in [5.41, 5.74) is 5.23. The van der Waals surface area contributed by atoms with Gasteiger partial charge in [-0.3, -0.25) is 4.79 Å². The van der Waals surface area contributed by atoms with Crippen molar-refractivity contribution < 1.29 is 19.0 Å². The average molecular weight is 449 g/mol. The zero-order valence-corrected chi connectivity index (χ0v) is 18.3. The molecule has 0 heterocycles. The largest absolute Gasteiger partial charge is 0.493 e. The Labute approximate surface area is 174 Å². The van der Waals surface area contributed by atoms with E-state index in [1.54, 1.807) is 20.3 Å². The molecule has 0 unspecified atom stereocenters. The number of para-hydroxylation sites is 1. The van der Waals surface area contributed by atoms with E-state index in [4.69, 9.17) is 14.2 Å². The number of halogens is 1. The first-order valence-corrected chi connectivity index (χ1v) is 9.62. The fraction of sp³-hybridized carbons (Fsp3) is 0.333. The van der Waals surface area contributed by atoms with Gasteiger partial charge in [0.15, 0.2) is 18.1 Å². The lowest BCUT2D eigenvalue weighted by Gasteiger charge is -2.15. The number of rotatable bonds is 8. The number of methoxy groups -OCH3 is 2. The third kappa shape index (κ3) is 5.48. The Morgan fingerprint density at radius 3 is 2.61 bits per heavy atom. The molecule has 150 valence electrons. The molecule has 1 N–H and O–H groups in total. The molecule has 0 aliphatic heterocycles. The number of ether oxygens (including phenoxy) is 3. The number of amides is 1. The molecule has 0 atom stereocenters. The van der Waals surface area contributed by atoms with E-state index in [-0.39, 0.29) is 18.4 Å². The molecule has 0 saturated heterocycles. The van der Waals surface area contributed by atoms with Gasteiger partial charge in [0.25, 0.3) is 5.91 Å². The van der Waals surface area contributed by atoms with Crippen LogP contribution in [0, 0.1) is 6.92 Å². The predicted molar refractivity (Wildman–Crippen MR) is 114 cm³/mol. The van der Waals surface area contributed by atoms with Gasteiger partial charge in [-0.05, 0) is 48.2 Å². The zero-order chi connectivity index (χ0) is 20.7. The van der Waals surface area contributed by atoms with E-state index in [9.17, 15) is 4.79 Å². The third-order valence-electron chi connectivity index (χ3n) is 4.10. The summed E-state index contributed by atoms with van der Waals surface area (Å²) in [6.45, 7) is 6.01. The Balaban J connectivity index is 2.01. The highest BCUT2D eigenvalue weighted by Crippen LogP contribution is 2.32. The van der Waals surface area contributed by atoms with Crippen molar-refractivity contribution in [2.75, 3.05) is 20.8 Å². The Bertz CT molecular complexity index is 866. The van der Waals surface area contributed by atoms with E-state index in [1.165, 1.54) is 6.21 Å². The molecule has 0 aliphatic rings. The second-order valence-electron chi connectivity index (χ2n) is 6.46. The maximum absolute atomic E-state index is 12.1. The molecule has 2 rings (SSSR count). The van der Waals surface area contributed by atoms with Crippen LogP contribution in [0.15, 0.2) is 39.9 Å². The smallest absolute Gasteiger partial charge is 0.277 e. The predicted octanol–water partition coefficient (Wildman–Crippen LogP) is 4.43. The summed E-state index contributed by atoms with van der Waals surface area (Å²) in [4.78, 5) is 12.1. The van der Waals surface area contributed by atoms with E-state index < -0.39 is 0 Å². The minimum absolute atomic E-state index is 0.132. The lowest BCUT2D eigenvalue weighted by atomic mass is 10.0. The summed E-state index contributed by atoms with van der Waals surface area (Å²) in [6, 6.07) is 9.37. The molecule has 0 spiro atoms. The summed E-state index contributed by atoms with van der Waals surface area (Å²) in [6.07, 6.45) is 1.50. The fourth-order valence-corrected chi connectivity index (χ4v) is 2.97. The van der Waals surface area contributed by atoms with Crippen LogP contribution >= 0.6 is 15.9 Å². The molecule has 1 amide bonds. The minimum Gasteiger partial charge on any atom is -0.493 e. The molecule has 28 heavy (non-hydrogen) atoms. The second kappa shape index (κ2) is 10.1. The lowest BCUT2D eigenvalue weighted by molar-refractivity contribution is -0.123. The molecule has 0 aliphatic carbocycles. The van der Waals surface area contributed by atoms with Gasteiger partial charge >= 0.3 is 0 Å². The van der Waals surface area contributed by atoms with E-state index in [0.29, 0.717) is 22.8 Å². The van der Waals surface area contributed by atoms with Gasteiger partial charge in [-0.1, -0.05) is 35.8 Å². The molecule has 0 saturated carbocycles. The number of hydrazone groups is 1. The Hall–Kier alpha value is -2.54. The van der Waals surface area contributed by atoms with Crippen LogP contribution in [0.25, 0.3) is 0 Å². The normalized spacial score (nSPS) is 11.0. The summed E-state index contributed by atoms with van der Waals surface area (Å²) < 4.78 is 17.3. The SMILES string of the molecule is COc1cccc(C=NNC(=O)COc2cc(C)c(Br)cc2C(C)C)c1OC. The highest BCUT2D eigenvalue weighted by Gasteiger charge is 2.12. The van der Waals surface area contributed by atoms with Crippen LogP contribution in [-0.4, -0.2) is 32.9 Å². The Morgan fingerprint density at radius 2 is 1.96 bits per heavy atom. The maximum Gasteiger partial charge on any atom is 0.277 e. The summed E-state index contributed by atoms with van der Waals surface area (Å²) >= 11 is 3.53.